The molecule has 0 atom stereocenters. The zero-order valence-corrected chi connectivity index (χ0v) is 10.8. The van der Waals surface area contributed by atoms with Gasteiger partial charge in [0.1, 0.15) is 17.3 Å². The van der Waals surface area contributed by atoms with Gasteiger partial charge >= 0.3 is 0 Å². The molecule has 1 aromatic carbocycles. The molecule has 0 bridgehead atoms. The Morgan fingerprint density at radius 3 is 2.65 bits per heavy atom. The maximum atomic E-state index is 6.10. The van der Waals surface area contributed by atoms with Gasteiger partial charge in [0.25, 0.3) is 0 Å². The Morgan fingerprint density at radius 1 is 1.18 bits per heavy atom. The van der Waals surface area contributed by atoms with Crippen LogP contribution in [-0.4, -0.2) is 17.0 Å². The van der Waals surface area contributed by atoms with Crippen molar-refractivity contribution in [3.05, 3.63) is 52.4 Å². The number of nitrogens with zero attached hydrogens (tertiary/aromatic N) is 3. The van der Waals surface area contributed by atoms with Crippen molar-refractivity contribution in [2.75, 3.05) is 11.9 Å². The summed E-state index contributed by atoms with van der Waals surface area (Å²) >= 11 is 11.9. The Labute approximate surface area is 110 Å². The summed E-state index contributed by atoms with van der Waals surface area (Å²) in [6, 6.07) is 9.45. The Morgan fingerprint density at radius 2 is 1.94 bits per heavy atom. The van der Waals surface area contributed by atoms with Crippen LogP contribution in [0.4, 0.5) is 5.82 Å². The lowest BCUT2D eigenvalue weighted by Crippen LogP contribution is -2.17. The molecule has 0 radical (unpaired) electrons. The number of benzene rings is 1. The monoisotopic (exact) mass is 267 g/mol. The van der Waals surface area contributed by atoms with Crippen LogP contribution in [0.15, 0.2) is 36.7 Å². The standard InChI is InChI=1S/C12H11Cl2N3/c1-17(12-6-11(14)15-8-16-12)7-9-4-2-3-5-10(9)13/h2-6,8H,7H2,1H3. The quantitative estimate of drug-likeness (QED) is 0.799. The molecule has 88 valence electrons. The van der Waals surface area contributed by atoms with E-state index in [1.165, 1.54) is 6.33 Å². The van der Waals surface area contributed by atoms with E-state index in [-0.39, 0.29) is 0 Å². The molecule has 1 aromatic heterocycles. The summed E-state index contributed by atoms with van der Waals surface area (Å²) in [4.78, 5) is 9.97. The topological polar surface area (TPSA) is 29.0 Å². The molecule has 0 N–H and O–H groups in total. The molecule has 2 rings (SSSR count). The van der Waals surface area contributed by atoms with Crippen LogP contribution < -0.4 is 4.90 Å². The second-order valence-corrected chi connectivity index (χ2v) is 4.44. The average Bonchev–Trinajstić information content (AvgIpc) is 2.32. The van der Waals surface area contributed by atoms with Crippen LogP contribution in [-0.2, 0) is 6.54 Å². The van der Waals surface area contributed by atoms with Crippen molar-refractivity contribution in [3.8, 4) is 0 Å². The van der Waals surface area contributed by atoms with Gasteiger partial charge in [0, 0.05) is 24.7 Å². The average molecular weight is 268 g/mol. The molecule has 0 aliphatic rings. The molecule has 0 saturated heterocycles. The van der Waals surface area contributed by atoms with E-state index in [1.54, 1.807) is 6.07 Å². The molecule has 1 heterocycles. The van der Waals surface area contributed by atoms with Crippen molar-refractivity contribution in [1.29, 1.82) is 0 Å². The number of halogens is 2. The molecule has 0 amide bonds. The Hall–Kier alpha value is -1.32. The van der Waals surface area contributed by atoms with Gasteiger partial charge < -0.3 is 4.90 Å². The van der Waals surface area contributed by atoms with E-state index in [0.29, 0.717) is 11.7 Å². The zero-order chi connectivity index (χ0) is 12.3. The van der Waals surface area contributed by atoms with Crippen LogP contribution in [0.2, 0.25) is 10.2 Å². The van der Waals surface area contributed by atoms with Crippen molar-refractivity contribution in [2.45, 2.75) is 6.54 Å². The molecule has 3 nitrogen and oxygen atoms in total. The lowest BCUT2D eigenvalue weighted by atomic mass is 10.2. The van der Waals surface area contributed by atoms with E-state index in [0.717, 1.165) is 16.4 Å². The van der Waals surface area contributed by atoms with Gasteiger partial charge in [-0.3, -0.25) is 0 Å². The fraction of sp³-hybridized carbons (Fsp3) is 0.167. The predicted molar refractivity (Wildman–Crippen MR) is 70.6 cm³/mol. The maximum absolute atomic E-state index is 6.10. The molecule has 0 aliphatic heterocycles. The smallest absolute Gasteiger partial charge is 0.134 e. The van der Waals surface area contributed by atoms with Gasteiger partial charge in [0.05, 0.1) is 0 Å². The third kappa shape index (κ3) is 3.08. The van der Waals surface area contributed by atoms with Gasteiger partial charge in [-0.1, -0.05) is 41.4 Å². The Balaban J connectivity index is 2.17. The largest absolute Gasteiger partial charge is 0.355 e. The third-order valence-electron chi connectivity index (χ3n) is 2.38. The minimum atomic E-state index is 0.431. The highest BCUT2D eigenvalue weighted by atomic mass is 35.5. The van der Waals surface area contributed by atoms with E-state index in [9.17, 15) is 0 Å². The lowest BCUT2D eigenvalue weighted by molar-refractivity contribution is 0.891. The maximum Gasteiger partial charge on any atom is 0.134 e. The first kappa shape index (κ1) is 12.1. The van der Waals surface area contributed by atoms with Gasteiger partial charge in [0.15, 0.2) is 0 Å². The van der Waals surface area contributed by atoms with Crippen molar-refractivity contribution in [2.24, 2.45) is 0 Å². The SMILES string of the molecule is CN(Cc1ccccc1Cl)c1cc(Cl)ncn1. The van der Waals surface area contributed by atoms with E-state index in [2.05, 4.69) is 9.97 Å². The Kier molecular flexibility index (Phi) is 3.82. The van der Waals surface area contributed by atoms with Crippen LogP contribution in [0.3, 0.4) is 0 Å². The molecular weight excluding hydrogens is 257 g/mol. The highest BCUT2D eigenvalue weighted by molar-refractivity contribution is 6.31. The van der Waals surface area contributed by atoms with E-state index in [4.69, 9.17) is 23.2 Å². The van der Waals surface area contributed by atoms with Gasteiger partial charge in [-0.2, -0.15) is 0 Å². The summed E-state index contributed by atoms with van der Waals surface area (Å²) in [5.74, 6) is 0.768. The number of rotatable bonds is 3. The molecule has 0 spiro atoms. The van der Waals surface area contributed by atoms with Crippen LogP contribution in [0, 0.1) is 0 Å². The van der Waals surface area contributed by atoms with Crippen molar-refractivity contribution < 1.29 is 0 Å². The first-order valence-corrected chi connectivity index (χ1v) is 5.84. The summed E-state index contributed by atoms with van der Waals surface area (Å²) in [5.41, 5.74) is 1.05. The molecule has 2 aromatic rings. The summed E-state index contributed by atoms with van der Waals surface area (Å²) in [6.45, 7) is 0.674. The highest BCUT2D eigenvalue weighted by Gasteiger charge is 2.06. The molecule has 0 unspecified atom stereocenters. The highest BCUT2D eigenvalue weighted by Crippen LogP contribution is 2.20. The molecular formula is C12H11Cl2N3. The fourth-order valence-corrected chi connectivity index (χ4v) is 1.83. The fourth-order valence-electron chi connectivity index (χ4n) is 1.50. The minimum absolute atomic E-state index is 0.431. The minimum Gasteiger partial charge on any atom is -0.355 e. The van der Waals surface area contributed by atoms with E-state index in [1.807, 2.05) is 36.2 Å². The van der Waals surface area contributed by atoms with E-state index < -0.39 is 0 Å². The number of hydrogen-bond donors (Lipinski definition) is 0. The lowest BCUT2D eigenvalue weighted by Gasteiger charge is -2.18. The third-order valence-corrected chi connectivity index (χ3v) is 2.95. The van der Waals surface area contributed by atoms with E-state index >= 15 is 0 Å². The zero-order valence-electron chi connectivity index (χ0n) is 9.27. The van der Waals surface area contributed by atoms with Gasteiger partial charge in [-0.05, 0) is 11.6 Å². The summed E-state index contributed by atoms with van der Waals surface area (Å²) in [5, 5.41) is 1.18. The number of hydrogen-bond acceptors (Lipinski definition) is 3. The first-order chi connectivity index (χ1) is 8.16. The van der Waals surface area contributed by atoms with Crippen molar-refractivity contribution >= 4 is 29.0 Å². The van der Waals surface area contributed by atoms with Crippen LogP contribution >= 0.6 is 23.2 Å². The summed E-state index contributed by atoms with van der Waals surface area (Å²) in [6.07, 6.45) is 1.45. The van der Waals surface area contributed by atoms with Gasteiger partial charge in [-0.15, -0.1) is 0 Å². The number of aromatic nitrogens is 2. The first-order valence-electron chi connectivity index (χ1n) is 5.09. The van der Waals surface area contributed by atoms with Crippen molar-refractivity contribution in [3.63, 3.8) is 0 Å². The normalized spacial score (nSPS) is 10.3. The predicted octanol–water partition coefficient (Wildman–Crippen LogP) is 3.42. The van der Waals surface area contributed by atoms with Crippen LogP contribution in [0.5, 0.6) is 0 Å². The van der Waals surface area contributed by atoms with Crippen molar-refractivity contribution in [1.82, 2.24) is 9.97 Å². The molecule has 17 heavy (non-hydrogen) atoms. The van der Waals surface area contributed by atoms with Crippen LogP contribution in [0.1, 0.15) is 5.56 Å². The number of anilines is 1. The van der Waals surface area contributed by atoms with Gasteiger partial charge in [0.2, 0.25) is 0 Å². The van der Waals surface area contributed by atoms with Crippen LogP contribution in [0.25, 0.3) is 0 Å². The second kappa shape index (κ2) is 5.34. The molecule has 5 heteroatoms. The Bertz CT molecular complexity index is 517. The molecule has 0 fully saturated rings. The summed E-state index contributed by atoms with van der Waals surface area (Å²) in [7, 11) is 1.93. The summed E-state index contributed by atoms with van der Waals surface area (Å²) < 4.78 is 0. The molecule has 0 aliphatic carbocycles. The van der Waals surface area contributed by atoms with Gasteiger partial charge in [-0.25, -0.2) is 9.97 Å². The second-order valence-electron chi connectivity index (χ2n) is 3.65. The molecule has 0 saturated carbocycles.